The summed E-state index contributed by atoms with van der Waals surface area (Å²) in [5.74, 6) is 0.878. The normalized spacial score (nSPS) is 19.9. The molecule has 32 heavy (non-hydrogen) atoms. The van der Waals surface area contributed by atoms with E-state index in [2.05, 4.69) is 38.4 Å². The van der Waals surface area contributed by atoms with E-state index < -0.39 is 0 Å². The van der Waals surface area contributed by atoms with Crippen LogP contribution in [-0.4, -0.2) is 49.3 Å². The number of nitrogens with one attached hydrogen (secondary N) is 1. The molecule has 8 nitrogen and oxygen atoms in total. The Morgan fingerprint density at radius 3 is 2.81 bits per heavy atom. The molecule has 1 aliphatic heterocycles. The van der Waals surface area contributed by atoms with Crippen LogP contribution in [-0.2, 0) is 17.8 Å². The number of H-pyrrole nitrogens is 1. The van der Waals surface area contributed by atoms with Gasteiger partial charge in [0, 0.05) is 30.8 Å². The second-order valence-corrected chi connectivity index (χ2v) is 9.35. The molecule has 1 aliphatic carbocycles. The number of fused-ring (bicyclic) bond motifs is 1. The maximum atomic E-state index is 12.8. The molecule has 1 saturated heterocycles. The van der Waals surface area contributed by atoms with Crippen molar-refractivity contribution >= 4 is 10.9 Å². The average molecular weight is 437 g/mol. The fraction of sp³-hybridized carbons (Fsp3) is 0.583. The third-order valence-corrected chi connectivity index (χ3v) is 6.80. The molecule has 2 fully saturated rings. The SMILES string of the molecule is Cc1ccc2[nH]c(=O)c(CN(Cc3nnnn3C3CCCCC3)C[C@H]3CCCO3)cc2c1. The highest BCUT2D eigenvalue weighted by Crippen LogP contribution is 2.28. The van der Waals surface area contributed by atoms with Gasteiger partial charge in [-0.1, -0.05) is 30.9 Å². The van der Waals surface area contributed by atoms with Crippen LogP contribution in [0.2, 0.25) is 0 Å². The molecule has 1 saturated carbocycles. The molecule has 1 atom stereocenters. The zero-order chi connectivity index (χ0) is 21.9. The fourth-order valence-electron chi connectivity index (χ4n) is 5.12. The first kappa shape index (κ1) is 21.3. The highest BCUT2D eigenvalue weighted by molar-refractivity contribution is 5.79. The molecule has 170 valence electrons. The summed E-state index contributed by atoms with van der Waals surface area (Å²) in [7, 11) is 0. The van der Waals surface area contributed by atoms with Crippen LogP contribution in [0.15, 0.2) is 29.1 Å². The van der Waals surface area contributed by atoms with Gasteiger partial charge < -0.3 is 9.72 Å². The summed E-state index contributed by atoms with van der Waals surface area (Å²) in [6.07, 6.45) is 8.36. The van der Waals surface area contributed by atoms with Gasteiger partial charge in [0.05, 0.1) is 18.7 Å². The molecule has 5 rings (SSSR count). The van der Waals surface area contributed by atoms with Crippen LogP contribution < -0.4 is 5.56 Å². The predicted octanol–water partition coefficient (Wildman–Crippen LogP) is 3.51. The quantitative estimate of drug-likeness (QED) is 0.610. The van der Waals surface area contributed by atoms with E-state index in [1.54, 1.807) is 0 Å². The van der Waals surface area contributed by atoms with Gasteiger partial charge in [0.2, 0.25) is 0 Å². The van der Waals surface area contributed by atoms with Gasteiger partial charge in [-0.3, -0.25) is 9.69 Å². The van der Waals surface area contributed by atoms with Gasteiger partial charge in [-0.25, -0.2) is 4.68 Å². The molecule has 2 aromatic heterocycles. The predicted molar refractivity (Wildman–Crippen MR) is 122 cm³/mol. The van der Waals surface area contributed by atoms with Crippen molar-refractivity contribution < 1.29 is 4.74 Å². The number of aromatic amines is 1. The van der Waals surface area contributed by atoms with E-state index in [1.807, 2.05) is 22.9 Å². The molecule has 0 unspecified atom stereocenters. The fourth-order valence-corrected chi connectivity index (χ4v) is 5.12. The van der Waals surface area contributed by atoms with Crippen molar-refractivity contribution in [3.05, 3.63) is 51.6 Å². The number of benzene rings is 1. The largest absolute Gasteiger partial charge is 0.377 e. The minimum Gasteiger partial charge on any atom is -0.377 e. The van der Waals surface area contributed by atoms with Gasteiger partial charge in [0.25, 0.3) is 5.56 Å². The van der Waals surface area contributed by atoms with Gasteiger partial charge in [-0.15, -0.1) is 5.10 Å². The van der Waals surface area contributed by atoms with Crippen molar-refractivity contribution in [1.29, 1.82) is 0 Å². The number of aromatic nitrogens is 5. The van der Waals surface area contributed by atoms with Gasteiger partial charge in [-0.2, -0.15) is 0 Å². The van der Waals surface area contributed by atoms with Crippen molar-refractivity contribution in [3.63, 3.8) is 0 Å². The minimum atomic E-state index is -0.0365. The standard InChI is InChI=1S/C24H32N6O2/c1-17-9-10-22-18(12-17)13-19(24(31)25-22)14-29(15-21-8-5-11-32-21)16-23-26-27-28-30(23)20-6-3-2-4-7-20/h9-10,12-13,20-21H,2-8,11,14-16H2,1H3,(H,25,31)/t21-/m1/s1. The maximum Gasteiger partial charge on any atom is 0.252 e. The Bertz CT molecular complexity index is 1110. The molecule has 0 radical (unpaired) electrons. The summed E-state index contributed by atoms with van der Waals surface area (Å²) in [6, 6.07) is 8.51. The number of hydrogen-bond donors (Lipinski definition) is 1. The van der Waals surface area contributed by atoms with Gasteiger partial charge in [0.1, 0.15) is 0 Å². The summed E-state index contributed by atoms with van der Waals surface area (Å²) >= 11 is 0. The lowest BCUT2D eigenvalue weighted by Crippen LogP contribution is -2.34. The van der Waals surface area contributed by atoms with Crippen LogP contribution in [0.3, 0.4) is 0 Å². The van der Waals surface area contributed by atoms with E-state index in [1.165, 1.54) is 24.8 Å². The Balaban J connectivity index is 1.40. The molecule has 8 heteroatoms. The summed E-state index contributed by atoms with van der Waals surface area (Å²) in [5, 5.41) is 13.7. The summed E-state index contributed by atoms with van der Waals surface area (Å²) in [5.41, 5.74) is 2.78. The minimum absolute atomic E-state index is 0.0365. The molecule has 0 bridgehead atoms. The highest BCUT2D eigenvalue weighted by atomic mass is 16.5. The number of aryl methyl sites for hydroxylation is 1. The number of hydrogen-bond acceptors (Lipinski definition) is 6. The van der Waals surface area contributed by atoms with E-state index in [0.29, 0.717) is 19.1 Å². The first-order valence-electron chi connectivity index (χ1n) is 11.9. The zero-order valence-electron chi connectivity index (χ0n) is 18.8. The smallest absolute Gasteiger partial charge is 0.252 e. The summed E-state index contributed by atoms with van der Waals surface area (Å²) in [6.45, 7) is 4.79. The number of nitrogens with zero attached hydrogens (tertiary/aromatic N) is 5. The molecular weight excluding hydrogens is 404 g/mol. The lowest BCUT2D eigenvalue weighted by atomic mass is 9.95. The molecule has 0 amide bonds. The van der Waals surface area contributed by atoms with Crippen molar-refractivity contribution in [2.24, 2.45) is 0 Å². The van der Waals surface area contributed by atoms with Gasteiger partial charge >= 0.3 is 0 Å². The molecule has 0 spiro atoms. The van der Waals surface area contributed by atoms with E-state index in [4.69, 9.17) is 4.74 Å². The first-order chi connectivity index (χ1) is 15.7. The van der Waals surface area contributed by atoms with Crippen LogP contribution in [0.5, 0.6) is 0 Å². The molecule has 1 N–H and O–H groups in total. The number of rotatable bonds is 7. The topological polar surface area (TPSA) is 88.9 Å². The van der Waals surface area contributed by atoms with Crippen molar-refractivity contribution in [3.8, 4) is 0 Å². The number of ether oxygens (including phenoxy) is 1. The Labute approximate surface area is 188 Å². The lowest BCUT2D eigenvalue weighted by molar-refractivity contribution is 0.0659. The molecule has 3 heterocycles. The van der Waals surface area contributed by atoms with E-state index in [0.717, 1.165) is 61.1 Å². The monoisotopic (exact) mass is 436 g/mol. The van der Waals surface area contributed by atoms with Crippen molar-refractivity contribution in [1.82, 2.24) is 30.1 Å². The lowest BCUT2D eigenvalue weighted by Gasteiger charge is -2.27. The van der Waals surface area contributed by atoms with Crippen molar-refractivity contribution in [2.45, 2.75) is 77.1 Å². The van der Waals surface area contributed by atoms with Crippen molar-refractivity contribution in [2.75, 3.05) is 13.2 Å². The summed E-state index contributed by atoms with van der Waals surface area (Å²) < 4.78 is 7.94. The van der Waals surface area contributed by atoms with Gasteiger partial charge in [0.15, 0.2) is 5.82 Å². The Kier molecular flexibility index (Phi) is 6.32. The van der Waals surface area contributed by atoms with Gasteiger partial charge in [-0.05, 0) is 66.6 Å². The second-order valence-electron chi connectivity index (χ2n) is 9.35. The van der Waals surface area contributed by atoms with Crippen LogP contribution in [0.25, 0.3) is 10.9 Å². The van der Waals surface area contributed by atoms with Crippen LogP contribution in [0.1, 0.15) is 67.9 Å². The van der Waals surface area contributed by atoms with E-state index >= 15 is 0 Å². The summed E-state index contributed by atoms with van der Waals surface area (Å²) in [4.78, 5) is 18.2. The van der Waals surface area contributed by atoms with Crippen LogP contribution >= 0.6 is 0 Å². The van der Waals surface area contributed by atoms with E-state index in [9.17, 15) is 4.79 Å². The second kappa shape index (κ2) is 9.50. The molecule has 1 aromatic carbocycles. The van der Waals surface area contributed by atoms with Crippen LogP contribution in [0, 0.1) is 6.92 Å². The highest BCUT2D eigenvalue weighted by Gasteiger charge is 2.25. The number of tetrazole rings is 1. The van der Waals surface area contributed by atoms with Crippen LogP contribution in [0.4, 0.5) is 0 Å². The average Bonchev–Trinajstić information content (AvgIpc) is 3.47. The maximum absolute atomic E-state index is 12.8. The third kappa shape index (κ3) is 4.76. The molecule has 2 aliphatic rings. The molecule has 3 aromatic rings. The molecular formula is C24H32N6O2. The Morgan fingerprint density at radius 1 is 1.12 bits per heavy atom. The third-order valence-electron chi connectivity index (χ3n) is 6.80. The Hall–Kier alpha value is -2.58. The van der Waals surface area contributed by atoms with E-state index in [-0.39, 0.29) is 11.7 Å². The zero-order valence-corrected chi connectivity index (χ0v) is 18.8. The first-order valence-corrected chi connectivity index (χ1v) is 11.9. The number of pyridine rings is 1. The Morgan fingerprint density at radius 2 is 2.00 bits per heavy atom.